The smallest absolute Gasteiger partial charge is 0.140 e. The molecule has 0 aliphatic rings. The third-order valence-electron chi connectivity index (χ3n) is 2.74. The molecule has 0 spiro atoms. The summed E-state index contributed by atoms with van der Waals surface area (Å²) in [7, 11) is 1.68. The molecule has 0 saturated heterocycles. The zero-order valence-electron chi connectivity index (χ0n) is 11.1. The van der Waals surface area contributed by atoms with Crippen LogP contribution in [0.5, 0.6) is 0 Å². The van der Waals surface area contributed by atoms with E-state index in [0.29, 0.717) is 13.0 Å². The van der Waals surface area contributed by atoms with Gasteiger partial charge < -0.3 is 15.7 Å². The van der Waals surface area contributed by atoms with E-state index in [0.717, 1.165) is 24.1 Å². The fourth-order valence-electron chi connectivity index (χ4n) is 1.66. The number of nitrogens with zero attached hydrogens (tertiary/aromatic N) is 2. The third-order valence-corrected chi connectivity index (χ3v) is 3.27. The zero-order valence-corrected chi connectivity index (χ0v) is 12.6. The van der Waals surface area contributed by atoms with Crippen LogP contribution in [0.4, 0.5) is 0 Å². The van der Waals surface area contributed by atoms with E-state index in [4.69, 9.17) is 15.7 Å². The van der Waals surface area contributed by atoms with E-state index < -0.39 is 0 Å². The highest BCUT2D eigenvalue weighted by Gasteiger charge is 2.07. The number of hydrogen-bond acceptors (Lipinski definition) is 4. The van der Waals surface area contributed by atoms with Crippen LogP contribution < -0.4 is 5.73 Å². The van der Waals surface area contributed by atoms with E-state index in [-0.39, 0.29) is 5.84 Å². The van der Waals surface area contributed by atoms with Crippen LogP contribution in [-0.4, -0.2) is 42.7 Å². The van der Waals surface area contributed by atoms with E-state index in [1.54, 1.807) is 7.11 Å². The Balaban J connectivity index is 2.55. The van der Waals surface area contributed by atoms with Crippen molar-refractivity contribution in [1.29, 1.82) is 0 Å². The molecule has 0 saturated carbocycles. The monoisotopic (exact) mass is 329 g/mol. The quantitative estimate of drug-likeness (QED) is 0.331. The second kappa shape index (κ2) is 8.90. The molecule has 0 radical (unpaired) electrons. The highest BCUT2D eigenvalue weighted by Crippen LogP contribution is 2.12. The van der Waals surface area contributed by atoms with Crippen LogP contribution in [0.15, 0.2) is 33.9 Å². The molecule has 0 aliphatic carbocycles. The first-order chi connectivity index (χ1) is 9.15. The van der Waals surface area contributed by atoms with Crippen molar-refractivity contribution in [1.82, 2.24) is 4.90 Å². The molecule has 106 valence electrons. The van der Waals surface area contributed by atoms with Gasteiger partial charge in [0.25, 0.3) is 0 Å². The maximum Gasteiger partial charge on any atom is 0.140 e. The Bertz CT molecular complexity index is 395. The molecule has 0 bridgehead atoms. The summed E-state index contributed by atoms with van der Waals surface area (Å²) in [6, 6.07) is 8.20. The van der Waals surface area contributed by atoms with Gasteiger partial charge in [0.15, 0.2) is 0 Å². The van der Waals surface area contributed by atoms with Crippen molar-refractivity contribution in [2.24, 2.45) is 10.9 Å². The minimum atomic E-state index is 0.248. The molecule has 3 N–H and O–H groups in total. The van der Waals surface area contributed by atoms with Gasteiger partial charge in [-0.15, -0.1) is 0 Å². The van der Waals surface area contributed by atoms with Gasteiger partial charge in [-0.2, -0.15) is 0 Å². The lowest BCUT2D eigenvalue weighted by atomic mass is 10.2. The number of halogens is 1. The fourth-order valence-corrected chi connectivity index (χ4v) is 1.93. The van der Waals surface area contributed by atoms with Crippen LogP contribution in [0.2, 0.25) is 0 Å². The standard InChI is InChI=1S/C13H20BrN3O2/c1-19-9-8-17(7-6-13(15)16-18)10-11-2-4-12(14)5-3-11/h2-5,18H,6-10H2,1H3,(H2,15,16). The van der Waals surface area contributed by atoms with Gasteiger partial charge in [-0.25, -0.2) is 0 Å². The number of nitrogens with two attached hydrogens (primary N) is 1. The Morgan fingerprint density at radius 3 is 2.63 bits per heavy atom. The lowest BCUT2D eigenvalue weighted by Crippen LogP contribution is -2.30. The predicted octanol–water partition coefficient (Wildman–Crippen LogP) is 2.03. The maximum absolute atomic E-state index is 8.56. The number of oxime groups is 1. The summed E-state index contributed by atoms with van der Waals surface area (Å²) in [5.74, 6) is 0.248. The molecule has 0 amide bonds. The minimum Gasteiger partial charge on any atom is -0.409 e. The van der Waals surface area contributed by atoms with Crippen molar-refractivity contribution in [2.75, 3.05) is 26.8 Å². The molecule has 0 fully saturated rings. The van der Waals surface area contributed by atoms with Crippen molar-refractivity contribution in [3.63, 3.8) is 0 Å². The number of methoxy groups -OCH3 is 1. The predicted molar refractivity (Wildman–Crippen MR) is 79.3 cm³/mol. The Labute approximate surface area is 122 Å². The Morgan fingerprint density at radius 1 is 1.37 bits per heavy atom. The molecule has 0 heterocycles. The number of rotatable bonds is 8. The van der Waals surface area contributed by atoms with Crippen LogP contribution in [-0.2, 0) is 11.3 Å². The van der Waals surface area contributed by atoms with Crippen LogP contribution in [0, 0.1) is 0 Å². The molecule has 1 rings (SSSR count). The molecule has 6 heteroatoms. The van der Waals surface area contributed by atoms with E-state index >= 15 is 0 Å². The Kier molecular flexibility index (Phi) is 7.47. The molecule has 0 aromatic heterocycles. The average molecular weight is 330 g/mol. The number of hydrogen-bond donors (Lipinski definition) is 2. The van der Waals surface area contributed by atoms with Gasteiger partial charge in [-0.05, 0) is 17.7 Å². The van der Waals surface area contributed by atoms with E-state index in [1.807, 2.05) is 12.1 Å². The first kappa shape index (κ1) is 15.9. The van der Waals surface area contributed by atoms with E-state index in [1.165, 1.54) is 5.56 Å². The largest absolute Gasteiger partial charge is 0.409 e. The van der Waals surface area contributed by atoms with Gasteiger partial charge in [-0.3, -0.25) is 4.90 Å². The van der Waals surface area contributed by atoms with Crippen molar-refractivity contribution in [3.8, 4) is 0 Å². The molecule has 5 nitrogen and oxygen atoms in total. The van der Waals surface area contributed by atoms with Crippen molar-refractivity contribution in [2.45, 2.75) is 13.0 Å². The van der Waals surface area contributed by atoms with E-state index in [9.17, 15) is 0 Å². The molecular formula is C13H20BrN3O2. The molecule has 1 aromatic carbocycles. The topological polar surface area (TPSA) is 71.1 Å². The van der Waals surface area contributed by atoms with Gasteiger partial charge in [0.05, 0.1) is 6.61 Å². The lowest BCUT2D eigenvalue weighted by molar-refractivity contribution is 0.145. The highest BCUT2D eigenvalue weighted by molar-refractivity contribution is 9.10. The van der Waals surface area contributed by atoms with Gasteiger partial charge in [0.1, 0.15) is 5.84 Å². The summed E-state index contributed by atoms with van der Waals surface area (Å²) in [5.41, 5.74) is 6.72. The summed E-state index contributed by atoms with van der Waals surface area (Å²) in [6.07, 6.45) is 0.538. The molecule has 0 atom stereocenters. The molecule has 0 aliphatic heterocycles. The van der Waals surface area contributed by atoms with Crippen LogP contribution in [0.1, 0.15) is 12.0 Å². The summed E-state index contributed by atoms with van der Waals surface area (Å²) < 4.78 is 6.17. The first-order valence-electron chi connectivity index (χ1n) is 6.08. The second-order valence-electron chi connectivity index (χ2n) is 4.24. The van der Waals surface area contributed by atoms with Crippen molar-refractivity contribution >= 4 is 21.8 Å². The summed E-state index contributed by atoms with van der Waals surface area (Å²) in [6.45, 7) is 3.02. The van der Waals surface area contributed by atoms with Gasteiger partial charge in [0, 0.05) is 37.6 Å². The number of amidine groups is 1. The molecular weight excluding hydrogens is 310 g/mol. The molecule has 19 heavy (non-hydrogen) atoms. The molecule has 1 aromatic rings. The lowest BCUT2D eigenvalue weighted by Gasteiger charge is -2.21. The fraction of sp³-hybridized carbons (Fsp3) is 0.462. The van der Waals surface area contributed by atoms with Gasteiger partial charge in [0.2, 0.25) is 0 Å². The summed E-state index contributed by atoms with van der Waals surface area (Å²) in [4.78, 5) is 2.21. The average Bonchev–Trinajstić information content (AvgIpc) is 2.43. The summed E-state index contributed by atoms with van der Waals surface area (Å²) in [5, 5.41) is 11.5. The van der Waals surface area contributed by atoms with Crippen LogP contribution in [0.3, 0.4) is 0 Å². The van der Waals surface area contributed by atoms with Gasteiger partial charge in [-0.1, -0.05) is 33.2 Å². The van der Waals surface area contributed by atoms with Gasteiger partial charge >= 0.3 is 0 Å². The first-order valence-corrected chi connectivity index (χ1v) is 6.87. The minimum absolute atomic E-state index is 0.248. The Hall–Kier alpha value is -1.11. The van der Waals surface area contributed by atoms with Crippen LogP contribution >= 0.6 is 15.9 Å². The van der Waals surface area contributed by atoms with E-state index in [2.05, 4.69) is 38.1 Å². The molecule has 0 unspecified atom stereocenters. The second-order valence-corrected chi connectivity index (χ2v) is 5.15. The Morgan fingerprint density at radius 2 is 2.05 bits per heavy atom. The zero-order chi connectivity index (χ0) is 14.1. The maximum atomic E-state index is 8.56. The van der Waals surface area contributed by atoms with Crippen molar-refractivity contribution in [3.05, 3.63) is 34.3 Å². The number of ether oxygens (including phenoxy) is 1. The third kappa shape index (κ3) is 6.56. The summed E-state index contributed by atoms with van der Waals surface area (Å²) >= 11 is 3.42. The van der Waals surface area contributed by atoms with Crippen LogP contribution in [0.25, 0.3) is 0 Å². The highest BCUT2D eigenvalue weighted by atomic mass is 79.9. The SMILES string of the molecule is COCCN(CCC(N)=NO)Cc1ccc(Br)cc1. The number of benzene rings is 1. The van der Waals surface area contributed by atoms with Crippen molar-refractivity contribution < 1.29 is 9.94 Å². The normalized spacial score (nSPS) is 12.1.